The summed E-state index contributed by atoms with van der Waals surface area (Å²) in [5.41, 5.74) is 3.73. The van der Waals surface area contributed by atoms with Crippen LogP contribution in [0.15, 0.2) is 42.5 Å². The Morgan fingerprint density at radius 2 is 1.79 bits per heavy atom. The Balaban J connectivity index is 1.81. The van der Waals surface area contributed by atoms with E-state index in [-0.39, 0.29) is 19.1 Å². The standard InChI is InChI=1S/C23H32N2O3/c1-5-6-14-25(4)20-12-10-19(11-13-20)23(27)24-15-21(26)16-28-22-17(2)8-7-9-18(22)3/h7-13,21,26H,5-6,14-16H2,1-4H3,(H,24,27). The molecule has 152 valence electrons. The van der Waals surface area contributed by atoms with E-state index in [0.717, 1.165) is 42.0 Å². The molecule has 5 nitrogen and oxygen atoms in total. The van der Waals surface area contributed by atoms with Gasteiger partial charge in [0.25, 0.3) is 5.91 Å². The molecule has 28 heavy (non-hydrogen) atoms. The molecular formula is C23H32N2O3. The number of ether oxygens (including phenoxy) is 1. The fourth-order valence-corrected chi connectivity index (χ4v) is 2.97. The fraction of sp³-hybridized carbons (Fsp3) is 0.435. The molecule has 1 amide bonds. The van der Waals surface area contributed by atoms with E-state index in [2.05, 4.69) is 24.2 Å². The first-order valence-corrected chi connectivity index (χ1v) is 9.88. The highest BCUT2D eigenvalue weighted by Gasteiger charge is 2.12. The van der Waals surface area contributed by atoms with E-state index >= 15 is 0 Å². The van der Waals surface area contributed by atoms with Crippen LogP contribution in [0.2, 0.25) is 0 Å². The summed E-state index contributed by atoms with van der Waals surface area (Å²) in [6, 6.07) is 13.4. The number of hydrogen-bond acceptors (Lipinski definition) is 4. The molecule has 0 aromatic heterocycles. The first-order chi connectivity index (χ1) is 13.4. The van der Waals surface area contributed by atoms with Gasteiger partial charge in [-0.3, -0.25) is 4.79 Å². The highest BCUT2D eigenvalue weighted by atomic mass is 16.5. The summed E-state index contributed by atoms with van der Waals surface area (Å²) >= 11 is 0. The predicted octanol–water partition coefficient (Wildman–Crippen LogP) is 3.71. The number of aryl methyl sites for hydroxylation is 2. The molecule has 0 aliphatic rings. The maximum atomic E-state index is 12.3. The van der Waals surface area contributed by atoms with Crippen LogP contribution in [0.5, 0.6) is 5.75 Å². The molecule has 0 heterocycles. The van der Waals surface area contributed by atoms with Crippen molar-refractivity contribution in [3.05, 3.63) is 59.2 Å². The maximum absolute atomic E-state index is 12.3. The molecule has 2 rings (SSSR count). The number of carbonyl (C=O) groups excluding carboxylic acids is 1. The Bertz CT molecular complexity index is 739. The number of aliphatic hydroxyl groups excluding tert-OH is 1. The molecule has 0 spiro atoms. The number of anilines is 1. The molecule has 0 aliphatic carbocycles. The van der Waals surface area contributed by atoms with E-state index in [1.165, 1.54) is 0 Å². The number of unbranched alkanes of at least 4 members (excludes halogenated alkanes) is 1. The lowest BCUT2D eigenvalue weighted by molar-refractivity contribution is 0.0841. The number of carbonyl (C=O) groups is 1. The van der Waals surface area contributed by atoms with E-state index in [1.54, 1.807) is 0 Å². The zero-order valence-corrected chi connectivity index (χ0v) is 17.4. The van der Waals surface area contributed by atoms with E-state index in [4.69, 9.17) is 4.74 Å². The highest BCUT2D eigenvalue weighted by molar-refractivity contribution is 5.94. The van der Waals surface area contributed by atoms with Gasteiger partial charge in [-0.25, -0.2) is 0 Å². The maximum Gasteiger partial charge on any atom is 0.251 e. The number of hydrogen-bond donors (Lipinski definition) is 2. The second-order valence-corrected chi connectivity index (χ2v) is 7.22. The van der Waals surface area contributed by atoms with Crippen molar-refractivity contribution in [1.82, 2.24) is 5.32 Å². The first-order valence-electron chi connectivity index (χ1n) is 9.88. The third kappa shape index (κ3) is 6.27. The highest BCUT2D eigenvalue weighted by Crippen LogP contribution is 2.22. The van der Waals surface area contributed by atoms with Gasteiger partial charge >= 0.3 is 0 Å². The minimum absolute atomic E-state index is 0.132. The number of para-hydroxylation sites is 1. The molecule has 0 bridgehead atoms. The largest absolute Gasteiger partial charge is 0.490 e. The summed E-state index contributed by atoms with van der Waals surface area (Å²) in [6.07, 6.45) is 1.52. The Labute approximate surface area is 168 Å². The Morgan fingerprint density at radius 3 is 2.39 bits per heavy atom. The van der Waals surface area contributed by atoms with Crippen molar-refractivity contribution in [3.8, 4) is 5.75 Å². The quantitative estimate of drug-likeness (QED) is 0.656. The van der Waals surface area contributed by atoms with Gasteiger partial charge in [0.1, 0.15) is 18.5 Å². The first kappa shape index (κ1) is 21.8. The average Bonchev–Trinajstić information content (AvgIpc) is 2.70. The number of nitrogens with zero attached hydrogens (tertiary/aromatic N) is 1. The fourth-order valence-electron chi connectivity index (χ4n) is 2.97. The predicted molar refractivity (Wildman–Crippen MR) is 114 cm³/mol. The molecule has 1 unspecified atom stereocenters. The van der Waals surface area contributed by atoms with Crippen LogP contribution in [0.4, 0.5) is 5.69 Å². The van der Waals surface area contributed by atoms with Crippen molar-refractivity contribution >= 4 is 11.6 Å². The number of benzene rings is 2. The van der Waals surface area contributed by atoms with Gasteiger partial charge < -0.3 is 20.1 Å². The van der Waals surface area contributed by atoms with Gasteiger partial charge in [0.2, 0.25) is 0 Å². The summed E-state index contributed by atoms with van der Waals surface area (Å²) in [7, 11) is 2.05. The van der Waals surface area contributed by atoms with Crippen LogP contribution >= 0.6 is 0 Å². The van der Waals surface area contributed by atoms with Crippen LogP contribution in [0, 0.1) is 13.8 Å². The van der Waals surface area contributed by atoms with E-state index in [9.17, 15) is 9.90 Å². The van der Waals surface area contributed by atoms with Crippen molar-refractivity contribution in [1.29, 1.82) is 0 Å². The van der Waals surface area contributed by atoms with Gasteiger partial charge in [0.15, 0.2) is 0 Å². The van der Waals surface area contributed by atoms with Crippen LogP contribution in [0.25, 0.3) is 0 Å². The Kier molecular flexibility index (Phi) is 8.33. The van der Waals surface area contributed by atoms with Gasteiger partial charge in [-0.2, -0.15) is 0 Å². The minimum atomic E-state index is -0.776. The van der Waals surface area contributed by atoms with Crippen LogP contribution in [0.3, 0.4) is 0 Å². The second kappa shape index (κ2) is 10.7. The summed E-state index contributed by atoms with van der Waals surface area (Å²) in [4.78, 5) is 14.5. The van der Waals surface area contributed by atoms with Gasteiger partial charge in [0, 0.05) is 31.4 Å². The molecule has 0 radical (unpaired) electrons. The molecule has 2 aromatic carbocycles. The second-order valence-electron chi connectivity index (χ2n) is 7.22. The number of amides is 1. The van der Waals surface area contributed by atoms with Crippen LogP contribution < -0.4 is 15.0 Å². The lowest BCUT2D eigenvalue weighted by Crippen LogP contribution is -2.35. The molecule has 1 atom stereocenters. The topological polar surface area (TPSA) is 61.8 Å². The Morgan fingerprint density at radius 1 is 1.14 bits per heavy atom. The lowest BCUT2D eigenvalue weighted by atomic mass is 10.1. The van der Waals surface area contributed by atoms with Crippen molar-refractivity contribution in [2.75, 3.05) is 31.6 Å². The van der Waals surface area contributed by atoms with Gasteiger partial charge in [0.05, 0.1) is 0 Å². The number of rotatable bonds is 10. The zero-order valence-electron chi connectivity index (χ0n) is 17.4. The summed E-state index contributed by atoms with van der Waals surface area (Å²) in [5, 5.41) is 12.9. The average molecular weight is 385 g/mol. The van der Waals surface area contributed by atoms with Gasteiger partial charge in [-0.05, 0) is 55.7 Å². The molecular weight excluding hydrogens is 352 g/mol. The van der Waals surface area contributed by atoms with Crippen molar-refractivity contribution < 1.29 is 14.6 Å². The molecule has 0 aliphatic heterocycles. The smallest absolute Gasteiger partial charge is 0.251 e. The summed E-state index contributed by atoms with van der Waals surface area (Å²) in [5.74, 6) is 0.588. The van der Waals surface area contributed by atoms with Crippen molar-refractivity contribution in [2.45, 2.75) is 39.7 Å². The molecule has 2 aromatic rings. The monoisotopic (exact) mass is 384 g/mol. The molecule has 2 N–H and O–H groups in total. The van der Waals surface area contributed by atoms with Crippen LogP contribution in [0.1, 0.15) is 41.3 Å². The zero-order chi connectivity index (χ0) is 20.5. The van der Waals surface area contributed by atoms with Gasteiger partial charge in [-0.1, -0.05) is 31.5 Å². The summed E-state index contributed by atoms with van der Waals surface area (Å²) < 4.78 is 5.73. The van der Waals surface area contributed by atoms with E-state index in [1.807, 2.05) is 56.3 Å². The SMILES string of the molecule is CCCCN(C)c1ccc(C(=O)NCC(O)COc2c(C)cccc2C)cc1. The van der Waals surface area contributed by atoms with E-state index in [0.29, 0.717) is 5.56 Å². The van der Waals surface area contributed by atoms with Crippen molar-refractivity contribution in [3.63, 3.8) is 0 Å². The molecule has 5 heteroatoms. The minimum Gasteiger partial charge on any atom is -0.490 e. The lowest BCUT2D eigenvalue weighted by Gasteiger charge is -2.19. The molecule has 0 saturated carbocycles. The van der Waals surface area contributed by atoms with Crippen LogP contribution in [-0.4, -0.2) is 43.9 Å². The van der Waals surface area contributed by atoms with E-state index < -0.39 is 6.10 Å². The number of aliphatic hydroxyl groups is 1. The van der Waals surface area contributed by atoms with Crippen LogP contribution in [-0.2, 0) is 0 Å². The van der Waals surface area contributed by atoms with Crippen molar-refractivity contribution in [2.24, 2.45) is 0 Å². The number of nitrogens with one attached hydrogen (secondary N) is 1. The molecule has 0 saturated heterocycles. The normalized spacial score (nSPS) is 11.8. The third-order valence-electron chi connectivity index (χ3n) is 4.74. The third-order valence-corrected chi connectivity index (χ3v) is 4.74. The molecule has 0 fully saturated rings. The summed E-state index contributed by atoms with van der Waals surface area (Å²) in [6.45, 7) is 7.38. The Hall–Kier alpha value is -2.53. The van der Waals surface area contributed by atoms with Gasteiger partial charge in [-0.15, -0.1) is 0 Å².